The molecule has 2 amide bonds. The maximum atomic E-state index is 12.7. The molecule has 0 aliphatic carbocycles. The van der Waals surface area contributed by atoms with Crippen LogP contribution in [0.4, 0.5) is 0 Å². The van der Waals surface area contributed by atoms with Crippen molar-refractivity contribution in [1.29, 1.82) is 0 Å². The van der Waals surface area contributed by atoms with Gasteiger partial charge in [-0.3, -0.25) is 9.59 Å². The van der Waals surface area contributed by atoms with Crippen LogP contribution in [0.3, 0.4) is 0 Å². The van der Waals surface area contributed by atoms with Gasteiger partial charge in [0.15, 0.2) is 0 Å². The topological polar surface area (TPSA) is 75.4 Å². The lowest BCUT2D eigenvalue weighted by Crippen LogP contribution is -2.54. The number of likely N-dealkylation sites (tertiary alicyclic amines) is 1. The molecule has 1 saturated heterocycles. The van der Waals surface area contributed by atoms with Gasteiger partial charge in [-0.15, -0.1) is 0 Å². The second-order valence-corrected chi connectivity index (χ2v) is 8.12. The van der Waals surface area contributed by atoms with Crippen molar-refractivity contribution in [3.63, 3.8) is 0 Å². The van der Waals surface area contributed by atoms with Crippen molar-refractivity contribution in [3.05, 3.63) is 34.3 Å². The number of amides is 2. The third-order valence-corrected chi connectivity index (χ3v) is 5.22. The Bertz CT molecular complexity index is 601. The van der Waals surface area contributed by atoms with Gasteiger partial charge in [0, 0.05) is 30.5 Å². The van der Waals surface area contributed by atoms with Gasteiger partial charge >= 0.3 is 0 Å². The largest absolute Gasteiger partial charge is 0.349 e. The Kier molecular flexibility index (Phi) is 6.04. The molecular weight excluding hydrogens is 370 g/mol. The average molecular weight is 396 g/mol. The number of rotatable bonds is 4. The molecule has 1 aliphatic rings. The lowest BCUT2D eigenvalue weighted by atomic mass is 9.79. The molecule has 1 aromatic rings. The number of piperidine rings is 1. The highest BCUT2D eigenvalue weighted by Crippen LogP contribution is 2.29. The monoisotopic (exact) mass is 395 g/mol. The van der Waals surface area contributed by atoms with E-state index >= 15 is 0 Å². The molecule has 132 valence electrons. The van der Waals surface area contributed by atoms with Crippen LogP contribution in [0.2, 0.25) is 0 Å². The van der Waals surface area contributed by atoms with Gasteiger partial charge in [0.2, 0.25) is 11.8 Å². The molecule has 0 saturated carbocycles. The van der Waals surface area contributed by atoms with E-state index in [1.807, 2.05) is 29.2 Å². The molecule has 24 heavy (non-hydrogen) atoms. The molecule has 1 fully saturated rings. The van der Waals surface area contributed by atoms with Gasteiger partial charge in [0.1, 0.15) is 0 Å². The first kappa shape index (κ1) is 18.9. The summed E-state index contributed by atoms with van der Waals surface area (Å²) in [6.45, 7) is 6.99. The molecule has 2 rings (SSSR count). The first-order valence-corrected chi connectivity index (χ1v) is 9.04. The number of benzene rings is 1. The maximum Gasteiger partial charge on any atom is 0.225 e. The van der Waals surface area contributed by atoms with E-state index < -0.39 is 0 Å². The molecule has 0 bridgehead atoms. The molecule has 0 spiro atoms. The normalized spacial score (nSPS) is 21.2. The van der Waals surface area contributed by atoms with Crippen LogP contribution in [0.5, 0.6) is 0 Å². The number of carbonyl (C=O) groups is 2. The lowest BCUT2D eigenvalue weighted by molar-refractivity contribution is -0.135. The molecule has 2 atom stereocenters. The summed E-state index contributed by atoms with van der Waals surface area (Å²) in [6, 6.07) is 7.47. The minimum atomic E-state index is -0.318. The van der Waals surface area contributed by atoms with Crippen LogP contribution >= 0.6 is 15.9 Å². The standard InChI is InChI=1S/C18H26BrN3O2/c1-12(23)21-15(13-4-6-14(19)7-5-13)10-17(24)22-9-8-16(20)18(2,3)11-22/h4-7,15-16H,8-11,20H2,1-3H3,(H,21,23). The summed E-state index contributed by atoms with van der Waals surface area (Å²) in [5.41, 5.74) is 6.99. The zero-order chi connectivity index (χ0) is 17.9. The zero-order valence-electron chi connectivity index (χ0n) is 14.5. The molecule has 2 unspecified atom stereocenters. The van der Waals surface area contributed by atoms with Crippen molar-refractivity contribution in [2.24, 2.45) is 11.1 Å². The summed E-state index contributed by atoms with van der Waals surface area (Å²) in [5.74, 6) is -0.0895. The SMILES string of the molecule is CC(=O)NC(CC(=O)N1CCC(N)C(C)(C)C1)c1ccc(Br)cc1. The summed E-state index contributed by atoms with van der Waals surface area (Å²) in [4.78, 5) is 26.2. The first-order valence-electron chi connectivity index (χ1n) is 8.25. The van der Waals surface area contributed by atoms with E-state index in [1.165, 1.54) is 6.92 Å². The van der Waals surface area contributed by atoms with Gasteiger partial charge in [-0.2, -0.15) is 0 Å². The number of hydrogen-bond donors (Lipinski definition) is 2. The second-order valence-electron chi connectivity index (χ2n) is 7.21. The Balaban J connectivity index is 2.10. The van der Waals surface area contributed by atoms with E-state index in [4.69, 9.17) is 5.73 Å². The van der Waals surface area contributed by atoms with Crippen LogP contribution in [-0.2, 0) is 9.59 Å². The molecular formula is C18H26BrN3O2. The Morgan fingerprint density at radius 2 is 2.00 bits per heavy atom. The van der Waals surface area contributed by atoms with Crippen molar-refractivity contribution >= 4 is 27.7 Å². The highest BCUT2D eigenvalue weighted by Gasteiger charge is 2.35. The van der Waals surface area contributed by atoms with Gasteiger partial charge in [-0.1, -0.05) is 41.9 Å². The van der Waals surface area contributed by atoms with E-state index in [9.17, 15) is 9.59 Å². The zero-order valence-corrected chi connectivity index (χ0v) is 16.1. The maximum absolute atomic E-state index is 12.7. The van der Waals surface area contributed by atoms with Crippen LogP contribution in [0.1, 0.15) is 45.2 Å². The van der Waals surface area contributed by atoms with Crippen molar-refractivity contribution in [1.82, 2.24) is 10.2 Å². The van der Waals surface area contributed by atoms with Gasteiger partial charge < -0.3 is 16.0 Å². The Labute approximate surface area is 152 Å². The number of carbonyl (C=O) groups excluding carboxylic acids is 2. The van der Waals surface area contributed by atoms with Crippen LogP contribution in [0.25, 0.3) is 0 Å². The first-order chi connectivity index (χ1) is 11.2. The third kappa shape index (κ3) is 4.80. The predicted octanol–water partition coefficient (Wildman–Crippen LogP) is 2.60. The fourth-order valence-electron chi connectivity index (χ4n) is 3.08. The lowest BCUT2D eigenvalue weighted by Gasteiger charge is -2.43. The van der Waals surface area contributed by atoms with Crippen LogP contribution in [0.15, 0.2) is 28.7 Å². The van der Waals surface area contributed by atoms with Crippen LogP contribution in [-0.4, -0.2) is 35.8 Å². The van der Waals surface area contributed by atoms with Crippen LogP contribution in [0, 0.1) is 5.41 Å². The van der Waals surface area contributed by atoms with Gasteiger partial charge in [-0.25, -0.2) is 0 Å². The number of nitrogens with one attached hydrogen (secondary N) is 1. The van der Waals surface area contributed by atoms with Crippen molar-refractivity contribution in [2.45, 2.75) is 45.7 Å². The van der Waals surface area contributed by atoms with Crippen molar-refractivity contribution in [3.8, 4) is 0 Å². The van der Waals surface area contributed by atoms with Gasteiger partial charge in [-0.05, 0) is 29.5 Å². The van der Waals surface area contributed by atoms with E-state index in [1.54, 1.807) is 0 Å². The molecule has 0 radical (unpaired) electrons. The van der Waals surface area contributed by atoms with E-state index in [2.05, 4.69) is 35.1 Å². The second kappa shape index (κ2) is 7.66. The van der Waals surface area contributed by atoms with Crippen molar-refractivity contribution in [2.75, 3.05) is 13.1 Å². The van der Waals surface area contributed by atoms with Crippen molar-refractivity contribution < 1.29 is 9.59 Å². The highest BCUT2D eigenvalue weighted by atomic mass is 79.9. The minimum Gasteiger partial charge on any atom is -0.349 e. The summed E-state index contributed by atoms with van der Waals surface area (Å²) in [5, 5.41) is 2.89. The van der Waals surface area contributed by atoms with Gasteiger partial charge in [0.25, 0.3) is 0 Å². The molecule has 1 heterocycles. The Morgan fingerprint density at radius 3 is 2.54 bits per heavy atom. The fourth-order valence-corrected chi connectivity index (χ4v) is 3.35. The minimum absolute atomic E-state index is 0.0524. The van der Waals surface area contributed by atoms with E-state index in [0.717, 1.165) is 16.5 Å². The fraction of sp³-hybridized carbons (Fsp3) is 0.556. The number of hydrogen-bond acceptors (Lipinski definition) is 3. The number of halogens is 1. The molecule has 3 N–H and O–H groups in total. The smallest absolute Gasteiger partial charge is 0.225 e. The molecule has 6 heteroatoms. The molecule has 0 aromatic heterocycles. The summed E-state index contributed by atoms with van der Waals surface area (Å²) in [6.07, 6.45) is 1.06. The Hall–Kier alpha value is -1.40. The summed E-state index contributed by atoms with van der Waals surface area (Å²) >= 11 is 3.40. The van der Waals surface area contributed by atoms with E-state index in [-0.39, 0.29) is 35.7 Å². The molecule has 1 aromatic carbocycles. The average Bonchev–Trinajstić information content (AvgIpc) is 2.49. The molecule has 1 aliphatic heterocycles. The Morgan fingerprint density at radius 1 is 1.38 bits per heavy atom. The number of nitrogens with zero attached hydrogens (tertiary/aromatic N) is 1. The van der Waals surface area contributed by atoms with Gasteiger partial charge in [0.05, 0.1) is 12.5 Å². The summed E-state index contributed by atoms with van der Waals surface area (Å²) < 4.78 is 0.964. The summed E-state index contributed by atoms with van der Waals surface area (Å²) in [7, 11) is 0. The quantitative estimate of drug-likeness (QED) is 0.822. The molecule has 5 nitrogen and oxygen atoms in total. The predicted molar refractivity (Wildman–Crippen MR) is 98.3 cm³/mol. The third-order valence-electron chi connectivity index (χ3n) is 4.69. The number of nitrogens with two attached hydrogens (primary N) is 1. The highest BCUT2D eigenvalue weighted by molar-refractivity contribution is 9.10. The van der Waals surface area contributed by atoms with E-state index in [0.29, 0.717) is 13.1 Å². The van der Waals surface area contributed by atoms with Crippen LogP contribution < -0.4 is 11.1 Å².